The molecular formula is C9H12. The summed E-state index contributed by atoms with van der Waals surface area (Å²) in [6, 6.07) is 0. The predicted molar refractivity (Wildman–Crippen MR) is 37.1 cm³/mol. The number of hydrogen-bond donors (Lipinski definition) is 0. The van der Waals surface area contributed by atoms with Gasteiger partial charge in [0.15, 0.2) is 0 Å². The Morgan fingerprint density at radius 1 is 1.22 bits per heavy atom. The summed E-state index contributed by atoms with van der Waals surface area (Å²) in [4.78, 5) is 0. The van der Waals surface area contributed by atoms with Crippen LogP contribution in [-0.2, 0) is 0 Å². The average molecular weight is 120 g/mol. The first-order valence-corrected chi connectivity index (χ1v) is 4.03. The predicted octanol–water partition coefficient (Wildman–Crippen LogP) is 2.51. The zero-order valence-electron chi connectivity index (χ0n) is 5.91. The minimum absolute atomic E-state index is 0.769. The van der Waals surface area contributed by atoms with E-state index in [1.165, 1.54) is 25.7 Å². The van der Waals surface area contributed by atoms with Crippen molar-refractivity contribution in [2.75, 3.05) is 0 Å². The van der Waals surface area contributed by atoms with E-state index in [4.69, 9.17) is 0 Å². The largest absolute Gasteiger partial charge is 0.0626 e. The van der Waals surface area contributed by atoms with Crippen molar-refractivity contribution in [3.8, 4) is 0 Å². The molecule has 0 amide bonds. The zero-order chi connectivity index (χ0) is 6.06. The molecule has 0 aromatic heterocycles. The Morgan fingerprint density at radius 3 is 2.11 bits per heavy atom. The summed E-state index contributed by atoms with van der Waals surface area (Å²) >= 11 is 0. The summed E-state index contributed by atoms with van der Waals surface area (Å²) in [7, 11) is 0. The van der Waals surface area contributed by atoms with Crippen LogP contribution in [0.1, 0.15) is 32.6 Å². The molecule has 2 saturated carbocycles. The summed E-state index contributed by atoms with van der Waals surface area (Å²) in [5.74, 6) is 1.04. The van der Waals surface area contributed by atoms with E-state index >= 15 is 0 Å². The van der Waals surface area contributed by atoms with Crippen LogP contribution in [0.2, 0.25) is 0 Å². The van der Waals surface area contributed by atoms with E-state index < -0.39 is 0 Å². The van der Waals surface area contributed by atoms with Crippen LogP contribution in [0.4, 0.5) is 0 Å². The lowest BCUT2D eigenvalue weighted by Gasteiger charge is -2.19. The monoisotopic (exact) mass is 120 g/mol. The summed E-state index contributed by atoms with van der Waals surface area (Å²) < 4.78 is 0. The van der Waals surface area contributed by atoms with Gasteiger partial charge in [-0.1, -0.05) is 18.1 Å². The first-order valence-electron chi connectivity index (χ1n) is 4.03. The Labute approximate surface area is 56.0 Å². The van der Waals surface area contributed by atoms with Crippen LogP contribution >= 0.6 is 0 Å². The highest BCUT2D eigenvalue weighted by atomic mass is 14.6. The molecule has 3 rings (SSSR count). The molecule has 0 bridgehead atoms. The molecule has 0 nitrogen and oxygen atoms in total. The molecule has 9 heavy (non-hydrogen) atoms. The Hall–Kier alpha value is -0.260. The number of hydrogen-bond acceptors (Lipinski definition) is 0. The fourth-order valence-electron chi connectivity index (χ4n) is 3.02. The Kier molecular flexibility index (Phi) is 0.505. The highest BCUT2D eigenvalue weighted by Gasteiger charge is 2.57. The highest BCUT2D eigenvalue weighted by Crippen LogP contribution is 2.69. The van der Waals surface area contributed by atoms with Crippen molar-refractivity contribution in [1.29, 1.82) is 0 Å². The quantitative estimate of drug-likeness (QED) is 0.431. The first kappa shape index (κ1) is 4.54. The van der Waals surface area contributed by atoms with Gasteiger partial charge in [0.2, 0.25) is 0 Å². The smallest absolute Gasteiger partial charge is 0.00668 e. The van der Waals surface area contributed by atoms with Crippen LogP contribution in [0.25, 0.3) is 0 Å². The molecule has 0 radical (unpaired) electrons. The molecule has 0 spiro atoms. The van der Waals surface area contributed by atoms with Crippen LogP contribution in [0, 0.1) is 11.3 Å². The zero-order valence-corrected chi connectivity index (χ0v) is 5.91. The second-order valence-corrected chi connectivity index (χ2v) is 4.14. The van der Waals surface area contributed by atoms with Crippen LogP contribution < -0.4 is 0 Å². The molecule has 0 saturated heterocycles. The summed E-state index contributed by atoms with van der Waals surface area (Å²) in [6.45, 7) is 2.48. The molecule has 0 aliphatic heterocycles. The maximum Gasteiger partial charge on any atom is 0.00668 e. The molecule has 0 heterocycles. The van der Waals surface area contributed by atoms with Gasteiger partial charge in [0.05, 0.1) is 0 Å². The second-order valence-electron chi connectivity index (χ2n) is 4.14. The molecule has 0 aromatic rings. The van der Waals surface area contributed by atoms with E-state index in [1.54, 1.807) is 0 Å². The summed E-state index contributed by atoms with van der Waals surface area (Å²) in [6.07, 6.45) is 5.90. The lowest BCUT2D eigenvalue weighted by atomic mass is 9.85. The van der Waals surface area contributed by atoms with Gasteiger partial charge in [-0.15, -0.1) is 0 Å². The molecule has 3 aliphatic rings. The minimum Gasteiger partial charge on any atom is -0.0626 e. The van der Waals surface area contributed by atoms with Crippen LogP contribution in [0.5, 0.6) is 0 Å². The average Bonchev–Trinajstić information content (AvgIpc) is 2.36. The fourth-order valence-corrected chi connectivity index (χ4v) is 3.02. The number of rotatable bonds is 0. The third-order valence-electron chi connectivity index (χ3n) is 3.65. The van der Waals surface area contributed by atoms with Crippen LogP contribution in [-0.4, -0.2) is 0 Å². The van der Waals surface area contributed by atoms with Crippen molar-refractivity contribution >= 4 is 0 Å². The van der Waals surface area contributed by atoms with Crippen molar-refractivity contribution in [1.82, 2.24) is 0 Å². The Bertz CT molecular complexity index is 192. The lowest BCUT2D eigenvalue weighted by Crippen LogP contribution is -2.10. The molecule has 2 fully saturated rings. The van der Waals surface area contributed by atoms with Gasteiger partial charge in [0.25, 0.3) is 0 Å². The van der Waals surface area contributed by atoms with Crippen molar-refractivity contribution in [3.05, 3.63) is 11.1 Å². The molecule has 0 heteroatoms. The third-order valence-corrected chi connectivity index (χ3v) is 3.65. The van der Waals surface area contributed by atoms with Gasteiger partial charge >= 0.3 is 0 Å². The molecule has 48 valence electrons. The minimum atomic E-state index is 0.769. The topological polar surface area (TPSA) is 0 Å². The van der Waals surface area contributed by atoms with Gasteiger partial charge in [-0.05, 0) is 31.1 Å². The third kappa shape index (κ3) is 0.331. The highest BCUT2D eigenvalue weighted by molar-refractivity contribution is 5.50. The van der Waals surface area contributed by atoms with Crippen molar-refractivity contribution in [3.63, 3.8) is 0 Å². The molecule has 0 unspecified atom stereocenters. The lowest BCUT2D eigenvalue weighted by molar-refractivity contribution is 0.315. The van der Waals surface area contributed by atoms with Crippen molar-refractivity contribution in [2.45, 2.75) is 32.6 Å². The van der Waals surface area contributed by atoms with Crippen molar-refractivity contribution in [2.24, 2.45) is 11.3 Å². The van der Waals surface area contributed by atoms with Crippen molar-refractivity contribution < 1.29 is 0 Å². The van der Waals surface area contributed by atoms with Gasteiger partial charge < -0.3 is 0 Å². The van der Waals surface area contributed by atoms with E-state index in [9.17, 15) is 0 Å². The van der Waals surface area contributed by atoms with E-state index in [2.05, 4.69) is 6.92 Å². The number of allylic oxidation sites excluding steroid dienone is 2. The Morgan fingerprint density at radius 2 is 1.78 bits per heavy atom. The van der Waals surface area contributed by atoms with Gasteiger partial charge in [-0.25, -0.2) is 0 Å². The van der Waals surface area contributed by atoms with Crippen LogP contribution in [0.15, 0.2) is 11.1 Å². The maximum absolute atomic E-state index is 2.48. The summed E-state index contributed by atoms with van der Waals surface area (Å²) in [5, 5.41) is 0. The van der Waals surface area contributed by atoms with Gasteiger partial charge in [-0.3, -0.25) is 0 Å². The van der Waals surface area contributed by atoms with E-state index in [1.807, 2.05) is 11.1 Å². The molecular weight excluding hydrogens is 108 g/mol. The van der Waals surface area contributed by atoms with E-state index in [0.717, 1.165) is 11.3 Å². The second kappa shape index (κ2) is 1.00. The maximum atomic E-state index is 2.48. The van der Waals surface area contributed by atoms with Crippen LogP contribution in [0.3, 0.4) is 0 Å². The standard InChI is InChI=1S/C9H12/c1-9-4-2-6-7(3-5-9)8(6)9/h8H,2-5H2,1H3. The van der Waals surface area contributed by atoms with Gasteiger partial charge in [0, 0.05) is 5.92 Å². The van der Waals surface area contributed by atoms with E-state index in [-0.39, 0.29) is 0 Å². The SMILES string of the molecule is CC12CCC3=C(CC1)C32. The van der Waals surface area contributed by atoms with Gasteiger partial charge in [0.1, 0.15) is 0 Å². The first-order chi connectivity index (χ1) is 4.31. The molecule has 3 aliphatic carbocycles. The Balaban J connectivity index is 2.15. The molecule has 0 N–H and O–H groups in total. The molecule has 0 atom stereocenters. The van der Waals surface area contributed by atoms with Gasteiger partial charge in [-0.2, -0.15) is 0 Å². The molecule has 0 aromatic carbocycles. The fraction of sp³-hybridized carbons (Fsp3) is 0.778. The summed E-state index contributed by atoms with van der Waals surface area (Å²) in [5.41, 5.74) is 4.50. The van der Waals surface area contributed by atoms with E-state index in [0.29, 0.717) is 0 Å². The normalized spacial score (nSPS) is 52.3.